The van der Waals surface area contributed by atoms with Crippen LogP contribution in [0.5, 0.6) is 11.5 Å². The Labute approximate surface area is 112 Å². The molecule has 1 heterocycles. The zero-order valence-corrected chi connectivity index (χ0v) is 11.5. The van der Waals surface area contributed by atoms with Crippen molar-refractivity contribution in [2.24, 2.45) is 5.73 Å². The summed E-state index contributed by atoms with van der Waals surface area (Å²) in [5, 5.41) is 0.675. The van der Waals surface area contributed by atoms with Crippen LogP contribution in [-0.2, 0) is 5.54 Å². The lowest BCUT2D eigenvalue weighted by Gasteiger charge is -2.26. The van der Waals surface area contributed by atoms with Gasteiger partial charge in [-0.3, -0.25) is 0 Å². The van der Waals surface area contributed by atoms with Gasteiger partial charge in [0.1, 0.15) is 13.2 Å². The molecule has 1 aromatic carbocycles. The SMILES string of the molecule is CC(C)c1c(C2(N)CC2)cc2c(c1Cl)OCCO2. The summed E-state index contributed by atoms with van der Waals surface area (Å²) >= 11 is 6.50. The van der Waals surface area contributed by atoms with E-state index in [1.165, 1.54) is 0 Å². The average molecular weight is 268 g/mol. The second kappa shape index (κ2) is 4.04. The van der Waals surface area contributed by atoms with E-state index in [4.69, 9.17) is 26.8 Å². The Hall–Kier alpha value is -0.930. The molecule has 0 amide bonds. The van der Waals surface area contributed by atoms with Gasteiger partial charge in [0.05, 0.1) is 5.02 Å². The molecule has 3 rings (SSSR count). The van der Waals surface area contributed by atoms with E-state index in [0.29, 0.717) is 29.9 Å². The summed E-state index contributed by atoms with van der Waals surface area (Å²) in [7, 11) is 0. The van der Waals surface area contributed by atoms with E-state index in [1.807, 2.05) is 6.07 Å². The smallest absolute Gasteiger partial charge is 0.180 e. The number of hydrogen-bond donors (Lipinski definition) is 1. The maximum absolute atomic E-state index is 6.50. The van der Waals surface area contributed by atoms with Crippen LogP contribution in [0.15, 0.2) is 6.07 Å². The number of benzene rings is 1. The van der Waals surface area contributed by atoms with Gasteiger partial charge in [-0.1, -0.05) is 25.4 Å². The van der Waals surface area contributed by atoms with Crippen LogP contribution in [0.2, 0.25) is 5.02 Å². The van der Waals surface area contributed by atoms with Gasteiger partial charge in [-0.2, -0.15) is 0 Å². The van der Waals surface area contributed by atoms with Crippen LogP contribution >= 0.6 is 11.6 Å². The minimum atomic E-state index is -0.209. The van der Waals surface area contributed by atoms with Gasteiger partial charge in [0.15, 0.2) is 11.5 Å². The Morgan fingerprint density at radius 2 is 1.94 bits per heavy atom. The Kier molecular flexibility index (Phi) is 2.72. The van der Waals surface area contributed by atoms with E-state index < -0.39 is 0 Å². The molecule has 1 aliphatic carbocycles. The number of nitrogens with two attached hydrogens (primary N) is 1. The van der Waals surface area contributed by atoms with Gasteiger partial charge < -0.3 is 15.2 Å². The van der Waals surface area contributed by atoms with Crippen molar-refractivity contribution >= 4 is 11.6 Å². The molecule has 4 heteroatoms. The van der Waals surface area contributed by atoms with E-state index in [-0.39, 0.29) is 5.54 Å². The molecule has 1 saturated carbocycles. The monoisotopic (exact) mass is 267 g/mol. The minimum absolute atomic E-state index is 0.209. The summed E-state index contributed by atoms with van der Waals surface area (Å²) < 4.78 is 11.3. The van der Waals surface area contributed by atoms with Crippen molar-refractivity contribution in [3.05, 3.63) is 22.2 Å². The lowest BCUT2D eigenvalue weighted by Crippen LogP contribution is -2.23. The fraction of sp³-hybridized carbons (Fsp3) is 0.571. The van der Waals surface area contributed by atoms with Gasteiger partial charge in [-0.25, -0.2) is 0 Å². The first-order valence-corrected chi connectivity index (χ1v) is 6.82. The molecule has 1 aromatic rings. The largest absolute Gasteiger partial charge is 0.486 e. The second-order valence-electron chi connectivity index (χ2n) is 5.49. The van der Waals surface area contributed by atoms with Crippen LogP contribution in [0.4, 0.5) is 0 Å². The van der Waals surface area contributed by atoms with Gasteiger partial charge in [0.2, 0.25) is 0 Å². The van der Waals surface area contributed by atoms with Crippen molar-refractivity contribution in [2.75, 3.05) is 13.2 Å². The molecule has 3 nitrogen and oxygen atoms in total. The molecule has 18 heavy (non-hydrogen) atoms. The van der Waals surface area contributed by atoms with Crippen molar-refractivity contribution in [3.63, 3.8) is 0 Å². The Balaban J connectivity index is 2.21. The van der Waals surface area contributed by atoms with Gasteiger partial charge in [0, 0.05) is 5.54 Å². The van der Waals surface area contributed by atoms with Crippen molar-refractivity contribution < 1.29 is 9.47 Å². The van der Waals surface area contributed by atoms with Crippen molar-refractivity contribution in [2.45, 2.75) is 38.1 Å². The fourth-order valence-corrected chi connectivity index (χ4v) is 3.01. The van der Waals surface area contributed by atoms with Crippen LogP contribution in [0.1, 0.15) is 43.7 Å². The molecule has 2 N–H and O–H groups in total. The lowest BCUT2D eigenvalue weighted by molar-refractivity contribution is 0.171. The summed E-state index contributed by atoms with van der Waals surface area (Å²) in [6.07, 6.45) is 2.03. The van der Waals surface area contributed by atoms with E-state index >= 15 is 0 Å². The summed E-state index contributed by atoms with van der Waals surface area (Å²) in [5.74, 6) is 1.74. The molecule has 0 atom stereocenters. The third-order valence-electron chi connectivity index (χ3n) is 3.71. The summed E-state index contributed by atoms with van der Waals surface area (Å²) in [6, 6.07) is 2.03. The molecule has 0 spiro atoms. The summed E-state index contributed by atoms with van der Waals surface area (Å²) in [6.45, 7) is 5.39. The number of hydrogen-bond acceptors (Lipinski definition) is 3. The molecule has 98 valence electrons. The molecule has 0 radical (unpaired) electrons. The number of ether oxygens (including phenoxy) is 2. The highest BCUT2D eigenvalue weighted by Crippen LogP contribution is 2.52. The topological polar surface area (TPSA) is 44.5 Å². The first-order chi connectivity index (χ1) is 8.53. The normalized spacial score (nSPS) is 20.1. The van der Waals surface area contributed by atoms with Crippen molar-refractivity contribution in [1.29, 1.82) is 0 Å². The third kappa shape index (κ3) is 1.77. The summed E-state index contributed by atoms with van der Waals surface area (Å²) in [5.41, 5.74) is 8.39. The van der Waals surface area contributed by atoms with Crippen LogP contribution in [0.3, 0.4) is 0 Å². The van der Waals surface area contributed by atoms with Crippen LogP contribution in [0.25, 0.3) is 0 Å². The molecule has 1 aliphatic heterocycles. The Morgan fingerprint density at radius 1 is 1.28 bits per heavy atom. The molecule has 0 saturated heterocycles. The predicted molar refractivity (Wildman–Crippen MR) is 71.6 cm³/mol. The Bertz CT molecular complexity index is 495. The zero-order chi connectivity index (χ0) is 12.9. The molecule has 0 aromatic heterocycles. The van der Waals surface area contributed by atoms with Gasteiger partial charge >= 0.3 is 0 Å². The summed E-state index contributed by atoms with van der Waals surface area (Å²) in [4.78, 5) is 0. The molecular formula is C14H18ClNO2. The van der Waals surface area contributed by atoms with E-state index in [0.717, 1.165) is 29.7 Å². The van der Waals surface area contributed by atoms with Crippen LogP contribution < -0.4 is 15.2 Å². The predicted octanol–water partition coefficient (Wildman–Crippen LogP) is 3.18. The van der Waals surface area contributed by atoms with Gasteiger partial charge in [-0.05, 0) is 36.0 Å². The average Bonchev–Trinajstić information content (AvgIpc) is 3.08. The number of halogens is 1. The molecule has 0 bridgehead atoms. The molecule has 0 unspecified atom stereocenters. The highest BCUT2D eigenvalue weighted by atomic mass is 35.5. The van der Waals surface area contributed by atoms with Gasteiger partial charge in [0.25, 0.3) is 0 Å². The maximum Gasteiger partial charge on any atom is 0.180 e. The van der Waals surface area contributed by atoms with E-state index in [9.17, 15) is 0 Å². The third-order valence-corrected chi connectivity index (χ3v) is 4.09. The highest BCUT2D eigenvalue weighted by molar-refractivity contribution is 6.33. The first kappa shape index (κ1) is 12.1. The molecular weight excluding hydrogens is 250 g/mol. The Morgan fingerprint density at radius 3 is 2.56 bits per heavy atom. The number of fused-ring (bicyclic) bond motifs is 1. The zero-order valence-electron chi connectivity index (χ0n) is 10.8. The lowest BCUT2D eigenvalue weighted by atomic mass is 9.90. The van der Waals surface area contributed by atoms with E-state index in [1.54, 1.807) is 0 Å². The molecule has 1 fully saturated rings. The number of rotatable bonds is 2. The van der Waals surface area contributed by atoms with E-state index in [2.05, 4.69) is 13.8 Å². The minimum Gasteiger partial charge on any atom is -0.486 e. The first-order valence-electron chi connectivity index (χ1n) is 6.44. The van der Waals surface area contributed by atoms with Crippen molar-refractivity contribution in [1.82, 2.24) is 0 Å². The van der Waals surface area contributed by atoms with Crippen molar-refractivity contribution in [3.8, 4) is 11.5 Å². The standard InChI is InChI=1S/C14H18ClNO2/c1-8(2)11-9(14(16)3-4-14)7-10-13(12(11)15)18-6-5-17-10/h7-8H,3-6,16H2,1-2H3. The highest BCUT2D eigenvalue weighted by Gasteiger charge is 2.43. The maximum atomic E-state index is 6.50. The quantitative estimate of drug-likeness (QED) is 0.895. The second-order valence-corrected chi connectivity index (χ2v) is 5.86. The fourth-order valence-electron chi connectivity index (χ4n) is 2.54. The van der Waals surface area contributed by atoms with Crippen LogP contribution in [0, 0.1) is 0 Å². The molecule has 2 aliphatic rings. The van der Waals surface area contributed by atoms with Gasteiger partial charge in [-0.15, -0.1) is 0 Å². The van der Waals surface area contributed by atoms with Crippen LogP contribution in [-0.4, -0.2) is 13.2 Å².